The smallest absolute Gasteiger partial charge is 0.238 e. The minimum absolute atomic E-state index is 0.0125. The van der Waals surface area contributed by atoms with Crippen LogP contribution in [0.2, 0.25) is 0 Å². The predicted octanol–water partition coefficient (Wildman–Crippen LogP) is 3.46. The van der Waals surface area contributed by atoms with Gasteiger partial charge in [0.2, 0.25) is 5.91 Å². The second-order valence-corrected chi connectivity index (χ2v) is 6.96. The Bertz CT molecular complexity index is 967. The van der Waals surface area contributed by atoms with Crippen LogP contribution in [0.5, 0.6) is 5.75 Å². The van der Waals surface area contributed by atoms with Crippen LogP contribution in [-0.4, -0.2) is 18.6 Å². The van der Waals surface area contributed by atoms with Crippen molar-refractivity contribution in [2.45, 2.75) is 32.0 Å². The third-order valence-electron chi connectivity index (χ3n) is 5.14. The number of hydrogen-bond acceptors (Lipinski definition) is 4. The molecule has 144 valence electrons. The van der Waals surface area contributed by atoms with Crippen LogP contribution in [0.25, 0.3) is 10.8 Å². The molecule has 3 N–H and O–H groups in total. The van der Waals surface area contributed by atoms with Gasteiger partial charge in [-0.3, -0.25) is 4.79 Å². The van der Waals surface area contributed by atoms with Crippen molar-refractivity contribution in [2.24, 2.45) is 0 Å². The highest BCUT2D eigenvalue weighted by Crippen LogP contribution is 2.29. The maximum absolute atomic E-state index is 12.7. The number of amides is 1. The van der Waals surface area contributed by atoms with E-state index in [9.17, 15) is 4.79 Å². The highest BCUT2D eigenvalue weighted by atomic mass is 16.5. The van der Waals surface area contributed by atoms with Gasteiger partial charge in [0.25, 0.3) is 0 Å². The van der Waals surface area contributed by atoms with Gasteiger partial charge < -0.3 is 10.1 Å². The fourth-order valence-electron chi connectivity index (χ4n) is 3.74. The number of hydrogen-bond donors (Lipinski definition) is 3. The van der Waals surface area contributed by atoms with E-state index in [1.807, 2.05) is 43.3 Å². The summed E-state index contributed by atoms with van der Waals surface area (Å²) in [7, 11) is 0. The Kier molecular flexibility index (Phi) is 5.55. The van der Waals surface area contributed by atoms with Gasteiger partial charge in [-0.05, 0) is 35.7 Å². The van der Waals surface area contributed by atoms with E-state index < -0.39 is 0 Å². The highest BCUT2D eigenvalue weighted by Gasteiger charge is 2.30. The number of hydrazine groups is 1. The zero-order valence-corrected chi connectivity index (χ0v) is 15.9. The van der Waals surface area contributed by atoms with E-state index in [1.54, 1.807) is 0 Å². The third-order valence-corrected chi connectivity index (χ3v) is 5.14. The summed E-state index contributed by atoms with van der Waals surface area (Å²) in [5, 5.41) is 5.46. The van der Waals surface area contributed by atoms with Crippen LogP contribution in [0.15, 0.2) is 66.7 Å². The topological polar surface area (TPSA) is 62.4 Å². The molecule has 0 saturated carbocycles. The summed E-state index contributed by atoms with van der Waals surface area (Å²) < 4.78 is 5.63. The Morgan fingerprint density at radius 2 is 1.82 bits per heavy atom. The zero-order valence-electron chi connectivity index (χ0n) is 15.9. The Labute approximate surface area is 165 Å². The summed E-state index contributed by atoms with van der Waals surface area (Å²) in [5.74, 6) is 0.804. The van der Waals surface area contributed by atoms with Gasteiger partial charge in [0.1, 0.15) is 11.8 Å². The number of fused-ring (bicyclic) bond motifs is 1. The summed E-state index contributed by atoms with van der Waals surface area (Å²) >= 11 is 0. The summed E-state index contributed by atoms with van der Waals surface area (Å²) in [6, 6.07) is 22.3. The number of para-hydroxylation sites is 1. The zero-order chi connectivity index (χ0) is 19.3. The molecule has 3 aromatic rings. The molecular formula is C23H25N3O2. The van der Waals surface area contributed by atoms with Crippen molar-refractivity contribution in [2.75, 3.05) is 6.61 Å². The molecule has 1 aliphatic rings. The maximum Gasteiger partial charge on any atom is 0.238 e. The molecule has 1 heterocycles. The average Bonchev–Trinajstić information content (AvgIpc) is 3.23. The van der Waals surface area contributed by atoms with Crippen LogP contribution in [0, 0.1) is 0 Å². The first kappa shape index (κ1) is 18.5. The molecule has 2 unspecified atom stereocenters. The lowest BCUT2D eigenvalue weighted by molar-refractivity contribution is -0.123. The molecule has 1 aliphatic heterocycles. The SMILES string of the molecule is CCOc1ccccc1CNC(=O)C1CC(c2cccc3ccccc23)NN1. The Hall–Kier alpha value is -2.89. The van der Waals surface area contributed by atoms with Crippen LogP contribution in [0.3, 0.4) is 0 Å². The molecule has 0 radical (unpaired) electrons. The average molecular weight is 375 g/mol. The number of carbonyl (C=O) groups excluding carboxylic acids is 1. The van der Waals surface area contributed by atoms with E-state index in [4.69, 9.17) is 4.74 Å². The van der Waals surface area contributed by atoms with Crippen molar-refractivity contribution >= 4 is 16.7 Å². The van der Waals surface area contributed by atoms with Gasteiger partial charge in [0.15, 0.2) is 0 Å². The first-order valence-corrected chi connectivity index (χ1v) is 9.73. The van der Waals surface area contributed by atoms with Gasteiger partial charge in [-0.1, -0.05) is 60.7 Å². The fourth-order valence-corrected chi connectivity index (χ4v) is 3.74. The van der Waals surface area contributed by atoms with E-state index >= 15 is 0 Å². The summed E-state index contributed by atoms with van der Waals surface area (Å²) in [6.45, 7) is 3.01. The molecule has 1 fully saturated rings. The number of carbonyl (C=O) groups is 1. The predicted molar refractivity (Wildman–Crippen MR) is 111 cm³/mol. The van der Waals surface area contributed by atoms with E-state index in [-0.39, 0.29) is 18.0 Å². The first-order valence-electron chi connectivity index (χ1n) is 9.73. The fraction of sp³-hybridized carbons (Fsp3) is 0.261. The molecule has 28 heavy (non-hydrogen) atoms. The molecule has 1 saturated heterocycles. The normalized spacial score (nSPS) is 18.9. The Balaban J connectivity index is 1.41. The van der Waals surface area contributed by atoms with Gasteiger partial charge in [0, 0.05) is 18.2 Å². The quantitative estimate of drug-likeness (QED) is 0.617. The van der Waals surface area contributed by atoms with Crippen LogP contribution in [0.4, 0.5) is 0 Å². The van der Waals surface area contributed by atoms with E-state index in [1.165, 1.54) is 16.3 Å². The number of benzene rings is 3. The number of rotatable bonds is 6. The van der Waals surface area contributed by atoms with Crippen LogP contribution >= 0.6 is 0 Å². The van der Waals surface area contributed by atoms with Crippen molar-refractivity contribution in [1.82, 2.24) is 16.2 Å². The molecule has 2 atom stereocenters. The molecule has 0 bridgehead atoms. The molecule has 0 aliphatic carbocycles. The largest absolute Gasteiger partial charge is 0.494 e. The lowest BCUT2D eigenvalue weighted by Gasteiger charge is -2.14. The molecule has 0 spiro atoms. The second-order valence-electron chi connectivity index (χ2n) is 6.96. The molecule has 3 aromatic carbocycles. The molecule has 4 rings (SSSR count). The van der Waals surface area contributed by atoms with Crippen molar-refractivity contribution < 1.29 is 9.53 Å². The van der Waals surface area contributed by atoms with Crippen molar-refractivity contribution in [3.8, 4) is 5.75 Å². The standard InChI is InChI=1S/C23H25N3O2/c1-2-28-22-13-6-4-9-17(22)15-24-23(27)21-14-20(25-26-21)19-12-7-10-16-8-3-5-11-18(16)19/h3-13,20-21,25-26H,2,14-15H2,1H3,(H,24,27). The summed E-state index contributed by atoms with van der Waals surface area (Å²) in [4.78, 5) is 12.7. The van der Waals surface area contributed by atoms with Gasteiger partial charge in [-0.2, -0.15) is 0 Å². The van der Waals surface area contributed by atoms with Gasteiger partial charge in [-0.25, -0.2) is 10.9 Å². The summed E-state index contributed by atoms with van der Waals surface area (Å²) in [5.41, 5.74) is 8.63. The van der Waals surface area contributed by atoms with Crippen LogP contribution < -0.4 is 20.9 Å². The van der Waals surface area contributed by atoms with E-state index in [0.29, 0.717) is 19.6 Å². The van der Waals surface area contributed by atoms with E-state index in [0.717, 1.165) is 11.3 Å². The highest BCUT2D eigenvalue weighted by molar-refractivity contribution is 5.87. The second kappa shape index (κ2) is 8.42. The van der Waals surface area contributed by atoms with Crippen LogP contribution in [0.1, 0.15) is 30.5 Å². The molecule has 5 nitrogen and oxygen atoms in total. The monoisotopic (exact) mass is 375 g/mol. The summed E-state index contributed by atoms with van der Waals surface area (Å²) in [6.07, 6.45) is 0.701. The van der Waals surface area contributed by atoms with Crippen LogP contribution in [-0.2, 0) is 11.3 Å². The maximum atomic E-state index is 12.7. The van der Waals surface area contributed by atoms with E-state index in [2.05, 4.69) is 46.5 Å². The lowest BCUT2D eigenvalue weighted by atomic mass is 9.96. The molecule has 1 amide bonds. The van der Waals surface area contributed by atoms with Crippen molar-refractivity contribution in [3.05, 3.63) is 77.9 Å². The minimum atomic E-state index is -0.275. The Morgan fingerprint density at radius 3 is 2.71 bits per heavy atom. The molecular weight excluding hydrogens is 350 g/mol. The first-order chi connectivity index (χ1) is 13.8. The number of nitrogens with one attached hydrogen (secondary N) is 3. The molecule has 0 aromatic heterocycles. The van der Waals surface area contributed by atoms with Crippen molar-refractivity contribution in [1.29, 1.82) is 0 Å². The minimum Gasteiger partial charge on any atom is -0.494 e. The molecule has 5 heteroatoms. The van der Waals surface area contributed by atoms with Gasteiger partial charge in [0.05, 0.1) is 6.61 Å². The Morgan fingerprint density at radius 1 is 1.04 bits per heavy atom. The van der Waals surface area contributed by atoms with Gasteiger partial charge >= 0.3 is 0 Å². The lowest BCUT2D eigenvalue weighted by Crippen LogP contribution is -2.42. The third kappa shape index (κ3) is 3.86. The van der Waals surface area contributed by atoms with Crippen molar-refractivity contribution in [3.63, 3.8) is 0 Å². The number of ether oxygens (including phenoxy) is 1. The van der Waals surface area contributed by atoms with Gasteiger partial charge in [-0.15, -0.1) is 0 Å².